The average molecular weight is 327 g/mol. The molecule has 0 saturated carbocycles. The Morgan fingerprint density at radius 1 is 1.24 bits per heavy atom. The van der Waals surface area contributed by atoms with E-state index in [0.717, 1.165) is 9.92 Å². The van der Waals surface area contributed by atoms with Crippen LogP contribution in [-0.4, -0.2) is 21.4 Å². The largest absolute Gasteiger partial charge is 0.393 e. The highest BCUT2D eigenvalue weighted by Crippen LogP contribution is 2.28. The van der Waals surface area contributed by atoms with Crippen molar-refractivity contribution in [3.8, 4) is 0 Å². The number of nitrogens with zero attached hydrogens (tertiary/aromatic N) is 2. The summed E-state index contributed by atoms with van der Waals surface area (Å²) >= 11 is 7.47. The number of hydrogen-bond acceptors (Lipinski definition) is 5. The van der Waals surface area contributed by atoms with Crippen LogP contribution in [0.4, 0.5) is 0 Å². The first-order chi connectivity index (χ1) is 9.97. The highest BCUT2D eigenvalue weighted by Gasteiger charge is 2.27. The molecule has 0 radical (unpaired) electrons. The fourth-order valence-electron chi connectivity index (χ4n) is 2.19. The Morgan fingerprint density at radius 2 is 1.90 bits per heavy atom. The monoisotopic (exact) mass is 326 g/mol. The molecule has 1 aromatic carbocycles. The van der Waals surface area contributed by atoms with Gasteiger partial charge >= 0.3 is 0 Å². The number of halogens is 1. The average Bonchev–Trinajstić information content (AvgIpc) is 2.85. The summed E-state index contributed by atoms with van der Waals surface area (Å²) in [5, 5.41) is 14.5. The predicted molar refractivity (Wildman–Crippen MR) is 84.6 cm³/mol. The first-order valence-corrected chi connectivity index (χ1v) is 8.22. The molecule has 0 aliphatic heterocycles. The molecule has 21 heavy (non-hydrogen) atoms. The van der Waals surface area contributed by atoms with Crippen LogP contribution in [0.25, 0.3) is 0 Å². The SMILES string of the molecule is CC(C)C(c1nc(CSc2ccc(Cl)cc2)no1)C(C)O. The van der Waals surface area contributed by atoms with E-state index < -0.39 is 6.10 Å². The van der Waals surface area contributed by atoms with E-state index in [1.54, 1.807) is 18.7 Å². The smallest absolute Gasteiger partial charge is 0.232 e. The van der Waals surface area contributed by atoms with E-state index in [2.05, 4.69) is 10.1 Å². The lowest BCUT2D eigenvalue weighted by atomic mass is 9.91. The third-order valence-electron chi connectivity index (χ3n) is 3.19. The number of aromatic nitrogens is 2. The van der Waals surface area contributed by atoms with Gasteiger partial charge in [0.15, 0.2) is 5.82 Å². The van der Waals surface area contributed by atoms with Crippen molar-refractivity contribution >= 4 is 23.4 Å². The van der Waals surface area contributed by atoms with Gasteiger partial charge in [0.25, 0.3) is 0 Å². The van der Waals surface area contributed by atoms with Crippen molar-refractivity contribution in [2.75, 3.05) is 0 Å². The lowest BCUT2D eigenvalue weighted by molar-refractivity contribution is 0.120. The molecule has 0 amide bonds. The van der Waals surface area contributed by atoms with Crippen LogP contribution in [0, 0.1) is 5.92 Å². The molecule has 6 heteroatoms. The summed E-state index contributed by atoms with van der Waals surface area (Å²) < 4.78 is 5.30. The molecule has 114 valence electrons. The summed E-state index contributed by atoms with van der Waals surface area (Å²) in [7, 11) is 0. The third kappa shape index (κ3) is 4.46. The maximum Gasteiger partial charge on any atom is 0.232 e. The topological polar surface area (TPSA) is 59.2 Å². The zero-order valence-corrected chi connectivity index (χ0v) is 13.9. The minimum Gasteiger partial charge on any atom is -0.393 e. The van der Waals surface area contributed by atoms with Gasteiger partial charge in [0, 0.05) is 9.92 Å². The molecule has 0 bridgehead atoms. The van der Waals surface area contributed by atoms with Crippen molar-refractivity contribution in [3.05, 3.63) is 41.0 Å². The van der Waals surface area contributed by atoms with Gasteiger partial charge in [0.1, 0.15) is 0 Å². The van der Waals surface area contributed by atoms with Crippen LogP contribution in [0.2, 0.25) is 5.02 Å². The Morgan fingerprint density at radius 3 is 2.48 bits per heavy atom. The van der Waals surface area contributed by atoms with Crippen LogP contribution >= 0.6 is 23.4 Å². The molecule has 2 rings (SSSR count). The third-order valence-corrected chi connectivity index (χ3v) is 4.45. The highest BCUT2D eigenvalue weighted by atomic mass is 35.5. The van der Waals surface area contributed by atoms with Crippen molar-refractivity contribution < 1.29 is 9.63 Å². The second-order valence-corrected chi connectivity index (χ2v) is 6.79. The van der Waals surface area contributed by atoms with E-state index in [0.29, 0.717) is 17.5 Å². The van der Waals surface area contributed by atoms with Crippen molar-refractivity contribution in [1.82, 2.24) is 10.1 Å². The van der Waals surface area contributed by atoms with E-state index in [4.69, 9.17) is 16.1 Å². The van der Waals surface area contributed by atoms with E-state index in [9.17, 15) is 5.11 Å². The lowest BCUT2D eigenvalue weighted by Gasteiger charge is -2.19. The molecule has 2 unspecified atom stereocenters. The number of aliphatic hydroxyl groups excluding tert-OH is 1. The summed E-state index contributed by atoms with van der Waals surface area (Å²) in [5.74, 6) is 1.87. The number of thioether (sulfide) groups is 1. The summed E-state index contributed by atoms with van der Waals surface area (Å²) in [5.41, 5.74) is 0. The van der Waals surface area contributed by atoms with E-state index in [1.165, 1.54) is 0 Å². The second kappa shape index (κ2) is 7.29. The van der Waals surface area contributed by atoms with Crippen LogP contribution in [0.3, 0.4) is 0 Å². The quantitative estimate of drug-likeness (QED) is 0.808. The molecule has 1 N–H and O–H groups in total. The fourth-order valence-corrected chi connectivity index (χ4v) is 3.06. The number of hydrogen-bond donors (Lipinski definition) is 1. The zero-order chi connectivity index (χ0) is 15.4. The first kappa shape index (κ1) is 16.3. The van der Waals surface area contributed by atoms with Gasteiger partial charge in [-0.1, -0.05) is 30.6 Å². The Balaban J connectivity index is 2.01. The summed E-state index contributed by atoms with van der Waals surface area (Å²) in [4.78, 5) is 5.50. The fraction of sp³-hybridized carbons (Fsp3) is 0.467. The van der Waals surface area contributed by atoms with E-state index in [1.807, 2.05) is 38.1 Å². The number of aliphatic hydroxyl groups is 1. The van der Waals surface area contributed by atoms with Crippen molar-refractivity contribution in [2.45, 2.75) is 43.4 Å². The van der Waals surface area contributed by atoms with Crippen LogP contribution in [0.5, 0.6) is 0 Å². The normalized spacial score (nSPS) is 14.4. The summed E-state index contributed by atoms with van der Waals surface area (Å²) in [6, 6.07) is 7.63. The molecule has 0 saturated heterocycles. The van der Waals surface area contributed by atoms with E-state index in [-0.39, 0.29) is 11.8 Å². The maximum absolute atomic E-state index is 9.83. The molecule has 2 atom stereocenters. The highest BCUT2D eigenvalue weighted by molar-refractivity contribution is 7.98. The summed E-state index contributed by atoms with van der Waals surface area (Å²) in [6.45, 7) is 5.81. The molecule has 1 heterocycles. The molecule has 1 aromatic heterocycles. The van der Waals surface area contributed by atoms with E-state index >= 15 is 0 Å². The number of rotatable bonds is 6. The Bertz CT molecular complexity index is 561. The zero-order valence-electron chi connectivity index (χ0n) is 12.3. The standard InChI is InChI=1S/C15H19ClN2O2S/c1-9(2)14(10(3)19)15-17-13(18-20-15)8-21-12-6-4-11(16)5-7-12/h4-7,9-10,14,19H,8H2,1-3H3. The van der Waals surface area contributed by atoms with Gasteiger partial charge in [-0.15, -0.1) is 11.8 Å². The lowest BCUT2D eigenvalue weighted by Crippen LogP contribution is -2.20. The van der Waals surface area contributed by atoms with Gasteiger partial charge in [-0.05, 0) is 37.1 Å². The number of benzene rings is 1. The molecule has 4 nitrogen and oxygen atoms in total. The van der Waals surface area contributed by atoms with Crippen LogP contribution in [-0.2, 0) is 5.75 Å². The van der Waals surface area contributed by atoms with Crippen molar-refractivity contribution in [2.24, 2.45) is 5.92 Å². The molecule has 0 fully saturated rings. The Labute approximate surface area is 133 Å². The van der Waals surface area contributed by atoms with Crippen LogP contribution < -0.4 is 0 Å². The van der Waals surface area contributed by atoms with Gasteiger partial charge < -0.3 is 9.63 Å². The molecular weight excluding hydrogens is 308 g/mol. The van der Waals surface area contributed by atoms with Gasteiger partial charge in [-0.3, -0.25) is 0 Å². The first-order valence-electron chi connectivity index (χ1n) is 6.86. The molecule has 0 aliphatic carbocycles. The van der Waals surface area contributed by atoms with Crippen molar-refractivity contribution in [3.63, 3.8) is 0 Å². The predicted octanol–water partition coefficient (Wildman–Crippen LogP) is 4.14. The Hall–Kier alpha value is -1.04. The van der Waals surface area contributed by atoms with Crippen molar-refractivity contribution in [1.29, 1.82) is 0 Å². The molecular formula is C15H19ClN2O2S. The molecule has 2 aromatic rings. The van der Waals surface area contributed by atoms with Crippen LogP contribution in [0.1, 0.15) is 38.4 Å². The second-order valence-electron chi connectivity index (χ2n) is 5.30. The summed E-state index contributed by atoms with van der Waals surface area (Å²) in [6.07, 6.45) is -0.512. The minimum atomic E-state index is -0.512. The van der Waals surface area contributed by atoms with Gasteiger partial charge in [0.2, 0.25) is 5.89 Å². The van der Waals surface area contributed by atoms with Gasteiger partial charge in [-0.25, -0.2) is 0 Å². The van der Waals surface area contributed by atoms with Crippen LogP contribution in [0.15, 0.2) is 33.7 Å². The van der Waals surface area contributed by atoms with Gasteiger partial charge in [-0.2, -0.15) is 4.98 Å². The Kier molecular flexibility index (Phi) is 5.67. The minimum absolute atomic E-state index is 0.133. The maximum atomic E-state index is 9.83. The molecule has 0 spiro atoms. The van der Waals surface area contributed by atoms with Gasteiger partial charge in [0.05, 0.1) is 17.8 Å². The molecule has 0 aliphatic rings.